The van der Waals surface area contributed by atoms with Gasteiger partial charge >= 0.3 is 0 Å². The summed E-state index contributed by atoms with van der Waals surface area (Å²) in [5.41, 5.74) is 2.36. The minimum atomic E-state index is -3.88. The number of aromatic nitrogens is 1. The van der Waals surface area contributed by atoms with E-state index in [9.17, 15) is 23.3 Å². The number of sulfone groups is 1. The molecule has 0 bridgehead atoms. The number of anilines is 1. The third-order valence-electron chi connectivity index (χ3n) is 5.07. The Morgan fingerprint density at radius 3 is 2.58 bits per heavy atom. The fourth-order valence-corrected chi connectivity index (χ4v) is 5.94. The molecule has 1 aliphatic rings. The maximum absolute atomic E-state index is 12.7. The standard InChI is InChI=1S/C20H18N4O5S2/c25-18(13-23-10-9-14-3-1-2-4-15(14)12-23)22-20-21-11-19(30-20)31(28,29)17-7-5-16(6-8-17)24(26)27/h1-8,11H,9-10,12-13H2,(H,21,22,25)/p+1. The molecule has 1 aliphatic heterocycles. The van der Waals surface area contributed by atoms with Gasteiger partial charge in [0, 0.05) is 24.1 Å². The number of rotatable bonds is 6. The van der Waals surface area contributed by atoms with Crippen molar-refractivity contribution < 1.29 is 23.0 Å². The fourth-order valence-electron chi connectivity index (χ4n) is 3.49. The normalized spacial score (nSPS) is 15.8. The molecule has 1 amide bonds. The number of non-ortho nitro benzene ring substituents is 1. The van der Waals surface area contributed by atoms with E-state index in [4.69, 9.17) is 0 Å². The highest BCUT2D eigenvalue weighted by atomic mass is 32.2. The average molecular weight is 460 g/mol. The maximum Gasteiger partial charge on any atom is 0.281 e. The molecule has 9 nitrogen and oxygen atoms in total. The molecule has 2 aromatic carbocycles. The number of nitro groups is 1. The largest absolute Gasteiger partial charge is 0.323 e. The first-order valence-corrected chi connectivity index (χ1v) is 11.8. The van der Waals surface area contributed by atoms with Gasteiger partial charge in [0.1, 0.15) is 10.8 Å². The average Bonchev–Trinajstić information content (AvgIpc) is 3.23. The van der Waals surface area contributed by atoms with Gasteiger partial charge < -0.3 is 4.90 Å². The summed E-state index contributed by atoms with van der Waals surface area (Å²) in [5, 5.41) is 13.6. The van der Waals surface area contributed by atoms with Crippen LogP contribution in [0, 0.1) is 10.1 Å². The Hall–Kier alpha value is -3.15. The molecule has 2 heterocycles. The number of carbonyl (C=O) groups is 1. The molecular weight excluding hydrogens is 440 g/mol. The lowest BCUT2D eigenvalue weighted by molar-refractivity contribution is -0.907. The lowest BCUT2D eigenvalue weighted by Gasteiger charge is -2.25. The van der Waals surface area contributed by atoms with E-state index in [1.807, 2.05) is 12.1 Å². The summed E-state index contributed by atoms with van der Waals surface area (Å²) in [6.45, 7) is 1.88. The molecular formula is C20H19N4O5S2+. The summed E-state index contributed by atoms with van der Waals surface area (Å²) >= 11 is 0.850. The Morgan fingerprint density at radius 1 is 1.16 bits per heavy atom. The van der Waals surface area contributed by atoms with E-state index in [1.54, 1.807) is 0 Å². The number of hydrogen-bond acceptors (Lipinski definition) is 7. The predicted octanol–water partition coefficient (Wildman–Crippen LogP) is 1.46. The van der Waals surface area contributed by atoms with E-state index < -0.39 is 14.8 Å². The quantitative estimate of drug-likeness (QED) is 0.425. The highest BCUT2D eigenvalue weighted by molar-refractivity contribution is 7.93. The van der Waals surface area contributed by atoms with Crippen LogP contribution in [0.3, 0.4) is 0 Å². The second-order valence-electron chi connectivity index (χ2n) is 7.16. The smallest absolute Gasteiger partial charge is 0.281 e. The van der Waals surface area contributed by atoms with Crippen LogP contribution >= 0.6 is 11.3 Å². The highest BCUT2D eigenvalue weighted by Crippen LogP contribution is 2.29. The van der Waals surface area contributed by atoms with E-state index in [2.05, 4.69) is 22.4 Å². The van der Waals surface area contributed by atoms with Gasteiger partial charge in [0.25, 0.3) is 11.6 Å². The molecule has 0 saturated heterocycles. The molecule has 4 rings (SSSR count). The minimum absolute atomic E-state index is 0.0455. The van der Waals surface area contributed by atoms with Crippen LogP contribution in [0.1, 0.15) is 11.1 Å². The van der Waals surface area contributed by atoms with E-state index in [0.29, 0.717) is 0 Å². The monoisotopic (exact) mass is 459 g/mol. The Morgan fingerprint density at radius 2 is 1.87 bits per heavy atom. The highest BCUT2D eigenvalue weighted by Gasteiger charge is 2.24. The zero-order chi connectivity index (χ0) is 22.0. The molecule has 0 saturated carbocycles. The van der Waals surface area contributed by atoms with Crippen LogP contribution in [0.25, 0.3) is 0 Å². The van der Waals surface area contributed by atoms with E-state index in [1.165, 1.54) is 29.5 Å². The SMILES string of the molecule is O=C(C[NH+]1CCc2ccccc2C1)Nc1ncc(S(=O)(=O)c2ccc([N+](=O)[O-])cc2)s1. The molecule has 0 spiro atoms. The van der Waals surface area contributed by atoms with Crippen LogP contribution < -0.4 is 10.2 Å². The van der Waals surface area contributed by atoms with Crippen molar-refractivity contribution in [1.82, 2.24) is 4.98 Å². The molecule has 0 radical (unpaired) electrons. The maximum atomic E-state index is 12.7. The van der Waals surface area contributed by atoms with Crippen molar-refractivity contribution >= 4 is 37.9 Å². The summed E-state index contributed by atoms with van der Waals surface area (Å²) in [6.07, 6.45) is 2.09. The van der Waals surface area contributed by atoms with Gasteiger partial charge in [0.05, 0.1) is 22.6 Å². The van der Waals surface area contributed by atoms with Crippen molar-refractivity contribution in [2.24, 2.45) is 0 Å². The number of hydrogen-bond donors (Lipinski definition) is 2. The number of thiazole rings is 1. The Labute approximate surface area is 182 Å². The molecule has 160 valence electrons. The lowest BCUT2D eigenvalue weighted by atomic mass is 10.00. The van der Waals surface area contributed by atoms with E-state index >= 15 is 0 Å². The first-order valence-electron chi connectivity index (χ1n) is 9.48. The zero-order valence-corrected chi connectivity index (χ0v) is 17.9. The number of carbonyl (C=O) groups excluding carboxylic acids is 1. The van der Waals surface area contributed by atoms with Crippen molar-refractivity contribution in [1.29, 1.82) is 0 Å². The van der Waals surface area contributed by atoms with Gasteiger partial charge in [-0.1, -0.05) is 35.6 Å². The topological polar surface area (TPSA) is 124 Å². The van der Waals surface area contributed by atoms with Crippen LogP contribution in [-0.2, 0) is 27.6 Å². The fraction of sp³-hybridized carbons (Fsp3) is 0.200. The van der Waals surface area contributed by atoms with Gasteiger partial charge in [-0.2, -0.15) is 0 Å². The molecule has 0 aliphatic carbocycles. The third-order valence-corrected chi connectivity index (χ3v) is 8.21. The van der Waals surface area contributed by atoms with Crippen molar-refractivity contribution in [2.75, 3.05) is 18.4 Å². The molecule has 31 heavy (non-hydrogen) atoms. The first kappa shape index (κ1) is 21.1. The first-order chi connectivity index (χ1) is 14.8. The van der Waals surface area contributed by atoms with Crippen molar-refractivity contribution in [3.63, 3.8) is 0 Å². The lowest BCUT2D eigenvalue weighted by Crippen LogP contribution is -3.12. The third kappa shape index (κ3) is 4.63. The molecule has 2 N–H and O–H groups in total. The summed E-state index contributed by atoms with van der Waals surface area (Å²) in [4.78, 5) is 27.7. The summed E-state index contributed by atoms with van der Waals surface area (Å²) in [7, 11) is -3.88. The van der Waals surface area contributed by atoms with Gasteiger partial charge in [-0.15, -0.1) is 0 Å². The second-order valence-corrected chi connectivity index (χ2v) is 10.4. The van der Waals surface area contributed by atoms with E-state index in [0.717, 1.165) is 47.9 Å². The van der Waals surface area contributed by atoms with Crippen LogP contribution in [0.2, 0.25) is 0 Å². The molecule has 0 fully saturated rings. The van der Waals surface area contributed by atoms with Crippen molar-refractivity contribution in [3.05, 3.63) is 76.0 Å². The molecule has 1 unspecified atom stereocenters. The minimum Gasteiger partial charge on any atom is -0.323 e. The zero-order valence-electron chi connectivity index (χ0n) is 16.3. The van der Waals surface area contributed by atoms with Gasteiger partial charge in [-0.05, 0) is 17.7 Å². The number of nitrogens with zero attached hydrogens (tertiary/aromatic N) is 2. The number of benzene rings is 2. The van der Waals surface area contributed by atoms with Crippen LogP contribution in [0.15, 0.2) is 63.8 Å². The molecule has 1 aromatic heterocycles. The number of fused-ring (bicyclic) bond motifs is 1. The second kappa shape index (κ2) is 8.53. The van der Waals surface area contributed by atoms with Crippen LogP contribution in [0.4, 0.5) is 10.8 Å². The van der Waals surface area contributed by atoms with Crippen LogP contribution in [0.5, 0.6) is 0 Å². The summed E-state index contributed by atoms with van der Waals surface area (Å²) < 4.78 is 25.4. The van der Waals surface area contributed by atoms with Crippen molar-refractivity contribution in [3.8, 4) is 0 Å². The summed E-state index contributed by atoms with van der Waals surface area (Å²) in [5.74, 6) is -0.233. The molecule has 3 aromatic rings. The Bertz CT molecular complexity index is 1240. The van der Waals surface area contributed by atoms with Crippen molar-refractivity contribution in [2.45, 2.75) is 22.1 Å². The summed E-state index contributed by atoms with van der Waals surface area (Å²) in [6, 6.07) is 12.8. The Balaban J connectivity index is 1.40. The van der Waals surface area contributed by atoms with Gasteiger partial charge in [0.15, 0.2) is 11.7 Å². The van der Waals surface area contributed by atoms with Gasteiger partial charge in [-0.25, -0.2) is 13.4 Å². The number of quaternary nitrogens is 1. The van der Waals surface area contributed by atoms with Gasteiger partial charge in [-0.3, -0.25) is 20.2 Å². The predicted molar refractivity (Wildman–Crippen MR) is 114 cm³/mol. The molecule has 11 heteroatoms. The molecule has 1 atom stereocenters. The van der Waals surface area contributed by atoms with E-state index in [-0.39, 0.29) is 32.4 Å². The Kier molecular flexibility index (Phi) is 5.81. The number of amides is 1. The number of nitrogens with one attached hydrogen (secondary N) is 2. The van der Waals surface area contributed by atoms with Gasteiger partial charge in [0.2, 0.25) is 9.84 Å². The number of nitro benzene ring substituents is 1. The van der Waals surface area contributed by atoms with Crippen LogP contribution in [-0.4, -0.2) is 37.3 Å².